The van der Waals surface area contributed by atoms with Crippen molar-refractivity contribution in [1.29, 1.82) is 0 Å². The quantitative estimate of drug-likeness (QED) is 0.905. The van der Waals surface area contributed by atoms with Gasteiger partial charge in [-0.1, -0.05) is 32.0 Å². The Labute approximate surface area is 125 Å². The molecule has 112 valence electrons. The van der Waals surface area contributed by atoms with Crippen molar-refractivity contribution in [2.24, 2.45) is 5.41 Å². The van der Waals surface area contributed by atoms with Crippen molar-refractivity contribution in [3.8, 4) is 10.6 Å². The van der Waals surface area contributed by atoms with E-state index in [-0.39, 0.29) is 5.69 Å². The third-order valence-corrected chi connectivity index (χ3v) is 3.78. The largest absolute Gasteiger partial charge is 0.480 e. The van der Waals surface area contributed by atoms with Gasteiger partial charge in [0.25, 0.3) is 5.91 Å². The molecule has 0 radical (unpaired) electrons. The Morgan fingerprint density at radius 3 is 2.67 bits per heavy atom. The van der Waals surface area contributed by atoms with E-state index in [9.17, 15) is 14.7 Å². The summed E-state index contributed by atoms with van der Waals surface area (Å²) in [5.41, 5.74) is -0.546. The van der Waals surface area contributed by atoms with E-state index in [4.69, 9.17) is 4.52 Å². The van der Waals surface area contributed by atoms with Crippen LogP contribution in [0, 0.1) is 5.41 Å². The van der Waals surface area contributed by atoms with Gasteiger partial charge in [-0.3, -0.25) is 4.79 Å². The molecule has 0 bridgehead atoms. The number of amides is 1. The van der Waals surface area contributed by atoms with E-state index in [1.54, 1.807) is 20.8 Å². The van der Waals surface area contributed by atoms with Crippen molar-refractivity contribution in [3.63, 3.8) is 0 Å². The minimum atomic E-state index is -1.09. The van der Waals surface area contributed by atoms with Gasteiger partial charge in [-0.25, -0.2) is 4.79 Å². The molecule has 2 rings (SSSR count). The fourth-order valence-electron chi connectivity index (χ4n) is 1.77. The van der Waals surface area contributed by atoms with Crippen molar-refractivity contribution in [2.75, 3.05) is 0 Å². The Hall–Kier alpha value is -2.15. The van der Waals surface area contributed by atoms with Crippen LogP contribution in [0.1, 0.15) is 31.3 Å². The van der Waals surface area contributed by atoms with Gasteiger partial charge < -0.3 is 14.9 Å². The van der Waals surface area contributed by atoms with Crippen molar-refractivity contribution >= 4 is 23.2 Å². The number of rotatable bonds is 4. The molecule has 0 fully saturated rings. The van der Waals surface area contributed by atoms with E-state index in [2.05, 4.69) is 10.5 Å². The number of carbonyl (C=O) groups excluding carboxylic acids is 1. The van der Waals surface area contributed by atoms with E-state index >= 15 is 0 Å². The number of nitrogens with one attached hydrogen (secondary N) is 1. The zero-order chi connectivity index (χ0) is 15.6. The smallest absolute Gasteiger partial charge is 0.326 e. The minimum Gasteiger partial charge on any atom is -0.480 e. The molecule has 2 aromatic rings. The first-order chi connectivity index (χ1) is 9.79. The van der Waals surface area contributed by atoms with Gasteiger partial charge in [0.15, 0.2) is 11.5 Å². The summed E-state index contributed by atoms with van der Waals surface area (Å²) >= 11 is 1.46. The van der Waals surface area contributed by atoms with E-state index < -0.39 is 23.3 Å². The number of carbonyl (C=O) groups is 2. The van der Waals surface area contributed by atoms with Crippen LogP contribution in [0.5, 0.6) is 0 Å². The number of aromatic nitrogens is 1. The van der Waals surface area contributed by atoms with Crippen LogP contribution in [0.15, 0.2) is 28.1 Å². The lowest BCUT2D eigenvalue weighted by atomic mass is 9.86. The predicted molar refractivity (Wildman–Crippen MR) is 78.2 cm³/mol. The maximum Gasteiger partial charge on any atom is 0.326 e. The van der Waals surface area contributed by atoms with E-state index in [0.717, 1.165) is 4.88 Å². The molecule has 0 aromatic carbocycles. The molecule has 0 saturated carbocycles. The van der Waals surface area contributed by atoms with Gasteiger partial charge in [-0.05, 0) is 16.9 Å². The average molecular weight is 308 g/mol. The van der Waals surface area contributed by atoms with Gasteiger partial charge in [0.05, 0.1) is 4.88 Å². The van der Waals surface area contributed by atoms with Crippen LogP contribution < -0.4 is 5.32 Å². The number of nitrogens with zero attached hydrogens (tertiary/aromatic N) is 1. The number of carboxylic acids is 1. The van der Waals surface area contributed by atoms with Crippen LogP contribution in [-0.2, 0) is 4.79 Å². The van der Waals surface area contributed by atoms with Crippen LogP contribution in [0.3, 0.4) is 0 Å². The van der Waals surface area contributed by atoms with Gasteiger partial charge >= 0.3 is 5.97 Å². The van der Waals surface area contributed by atoms with Crippen molar-refractivity contribution < 1.29 is 19.2 Å². The Morgan fingerprint density at radius 2 is 2.14 bits per heavy atom. The lowest BCUT2D eigenvalue weighted by Crippen LogP contribution is -2.49. The van der Waals surface area contributed by atoms with Crippen LogP contribution in [-0.4, -0.2) is 28.2 Å². The molecule has 1 amide bonds. The maximum atomic E-state index is 12.1. The zero-order valence-corrected chi connectivity index (χ0v) is 12.7. The number of hydrogen-bond donors (Lipinski definition) is 2. The second kappa shape index (κ2) is 5.69. The summed E-state index contributed by atoms with van der Waals surface area (Å²) in [5, 5.41) is 17.3. The van der Waals surface area contributed by atoms with E-state index in [1.165, 1.54) is 17.4 Å². The summed E-state index contributed by atoms with van der Waals surface area (Å²) < 4.78 is 5.11. The molecule has 0 saturated heterocycles. The van der Waals surface area contributed by atoms with Crippen LogP contribution >= 0.6 is 11.3 Å². The topological polar surface area (TPSA) is 92.4 Å². The van der Waals surface area contributed by atoms with Gasteiger partial charge in [0.2, 0.25) is 0 Å². The molecule has 2 aromatic heterocycles. The molecule has 7 heteroatoms. The molecule has 0 aliphatic heterocycles. The molecule has 1 atom stereocenters. The van der Waals surface area contributed by atoms with Crippen molar-refractivity contribution in [2.45, 2.75) is 26.8 Å². The first-order valence-corrected chi connectivity index (χ1v) is 7.21. The Balaban J connectivity index is 2.15. The number of aliphatic carboxylic acids is 1. The molecule has 0 aliphatic rings. The van der Waals surface area contributed by atoms with Gasteiger partial charge in [0.1, 0.15) is 6.04 Å². The van der Waals surface area contributed by atoms with Gasteiger partial charge in [-0.15, -0.1) is 11.3 Å². The lowest BCUT2D eigenvalue weighted by Gasteiger charge is -2.27. The van der Waals surface area contributed by atoms with Crippen LogP contribution in [0.25, 0.3) is 10.6 Å². The Bertz CT molecular complexity index is 640. The SMILES string of the molecule is CC(C)(C)[C@H](NC(=O)c1cc(-c2cccs2)on1)C(=O)O. The maximum absolute atomic E-state index is 12.1. The molecular weight excluding hydrogens is 292 g/mol. The molecule has 0 unspecified atom stereocenters. The summed E-state index contributed by atoms with van der Waals surface area (Å²) in [6.45, 7) is 5.23. The minimum absolute atomic E-state index is 0.0638. The zero-order valence-electron chi connectivity index (χ0n) is 11.9. The second-order valence-electron chi connectivity index (χ2n) is 5.66. The molecule has 2 N–H and O–H groups in total. The standard InChI is InChI=1S/C14H16N2O4S/c1-14(2,3)11(13(18)19)15-12(17)8-7-9(20-16-8)10-5-4-6-21-10/h4-7,11H,1-3H3,(H,15,17)(H,18,19)/t11-/m1/s1. The van der Waals surface area contributed by atoms with Crippen LogP contribution in [0.4, 0.5) is 0 Å². The third kappa shape index (κ3) is 3.49. The van der Waals surface area contributed by atoms with Crippen LogP contribution in [0.2, 0.25) is 0 Å². The first-order valence-electron chi connectivity index (χ1n) is 6.33. The Kier molecular flexibility index (Phi) is 4.13. The number of hydrogen-bond acceptors (Lipinski definition) is 5. The third-order valence-electron chi connectivity index (χ3n) is 2.90. The molecule has 2 heterocycles. The summed E-state index contributed by atoms with van der Waals surface area (Å²) in [7, 11) is 0. The fourth-order valence-corrected chi connectivity index (χ4v) is 2.44. The molecule has 21 heavy (non-hydrogen) atoms. The van der Waals surface area contributed by atoms with Crippen molar-refractivity contribution in [1.82, 2.24) is 10.5 Å². The molecular formula is C14H16N2O4S. The first kappa shape index (κ1) is 15.2. The molecule has 0 aliphatic carbocycles. The monoisotopic (exact) mass is 308 g/mol. The fraction of sp³-hybridized carbons (Fsp3) is 0.357. The summed E-state index contributed by atoms with van der Waals surface area (Å²) in [6, 6.07) is 4.21. The van der Waals surface area contributed by atoms with Crippen molar-refractivity contribution in [3.05, 3.63) is 29.3 Å². The predicted octanol–water partition coefficient (Wildman–Crippen LogP) is 2.63. The highest BCUT2D eigenvalue weighted by Gasteiger charge is 2.33. The Morgan fingerprint density at radius 1 is 1.43 bits per heavy atom. The lowest BCUT2D eigenvalue weighted by molar-refractivity contribution is -0.142. The number of carboxylic acid groups (broad SMARTS) is 1. The molecule has 6 nitrogen and oxygen atoms in total. The summed E-state index contributed by atoms with van der Waals surface area (Å²) in [6.07, 6.45) is 0. The van der Waals surface area contributed by atoms with Gasteiger partial charge in [-0.2, -0.15) is 0 Å². The average Bonchev–Trinajstić information content (AvgIpc) is 3.03. The van der Waals surface area contributed by atoms with Gasteiger partial charge in [0, 0.05) is 6.07 Å². The highest BCUT2D eigenvalue weighted by Crippen LogP contribution is 2.25. The molecule has 0 spiro atoms. The van der Waals surface area contributed by atoms with E-state index in [0.29, 0.717) is 5.76 Å². The highest BCUT2D eigenvalue weighted by atomic mass is 32.1. The summed E-state index contributed by atoms with van der Waals surface area (Å²) in [5.74, 6) is -1.17. The highest BCUT2D eigenvalue weighted by molar-refractivity contribution is 7.13. The summed E-state index contributed by atoms with van der Waals surface area (Å²) in [4.78, 5) is 24.2. The number of thiophene rings is 1. The normalized spacial score (nSPS) is 12.9. The van der Waals surface area contributed by atoms with E-state index in [1.807, 2.05) is 17.5 Å². The second-order valence-corrected chi connectivity index (χ2v) is 6.61.